The summed E-state index contributed by atoms with van der Waals surface area (Å²) in [5.41, 5.74) is 9.66. The smallest absolute Gasteiger partial charge is 0.255 e. The summed E-state index contributed by atoms with van der Waals surface area (Å²) >= 11 is 6.57. The SMILES string of the molecule is C=CC(=O)N1CC[C@H](n2nc(C#Cc3cc4nnc5c(c4cc3Cl)CCC5)c(C(N)=O)c2NC)C1. The first-order chi connectivity index (χ1) is 16.9. The summed E-state index contributed by atoms with van der Waals surface area (Å²) in [6, 6.07) is 3.57. The van der Waals surface area contributed by atoms with E-state index in [2.05, 4.69) is 39.0 Å². The topological polar surface area (TPSA) is 119 Å². The van der Waals surface area contributed by atoms with Crippen LogP contribution in [0.25, 0.3) is 10.9 Å². The number of nitrogens with two attached hydrogens (primary N) is 1. The molecule has 0 bridgehead atoms. The fourth-order valence-electron chi connectivity index (χ4n) is 4.88. The fourth-order valence-corrected chi connectivity index (χ4v) is 5.09. The van der Waals surface area contributed by atoms with Gasteiger partial charge in [-0.25, -0.2) is 4.68 Å². The standard InChI is InChI=1S/C25H24ClN7O2/c1-3-22(34)32-10-9-15(13-32)33-25(28-2)23(24(27)35)20(31-33)8-7-14-11-21-17(12-18(14)26)16-5-4-6-19(16)29-30-21/h3,11-12,15,28H,1,4-6,9-10,13H2,2H3,(H2,27,35)/t15-/m0/s1. The summed E-state index contributed by atoms with van der Waals surface area (Å²) < 4.78 is 1.69. The highest BCUT2D eigenvalue weighted by Crippen LogP contribution is 2.31. The number of amides is 2. The number of aromatic nitrogens is 4. The van der Waals surface area contributed by atoms with E-state index in [0.29, 0.717) is 35.9 Å². The van der Waals surface area contributed by atoms with Crippen LogP contribution in [-0.2, 0) is 17.6 Å². The van der Waals surface area contributed by atoms with Crippen LogP contribution in [0.1, 0.15) is 51.8 Å². The summed E-state index contributed by atoms with van der Waals surface area (Å²) in [6.45, 7) is 4.57. The Bertz CT molecular complexity index is 1450. The van der Waals surface area contributed by atoms with Crippen LogP contribution in [-0.4, -0.2) is 56.8 Å². The quantitative estimate of drug-likeness (QED) is 0.429. The van der Waals surface area contributed by atoms with E-state index in [1.54, 1.807) is 16.6 Å². The van der Waals surface area contributed by atoms with E-state index in [-0.39, 0.29) is 23.2 Å². The van der Waals surface area contributed by atoms with Crippen molar-refractivity contribution in [3.63, 3.8) is 0 Å². The van der Waals surface area contributed by atoms with E-state index in [0.717, 1.165) is 35.9 Å². The van der Waals surface area contributed by atoms with Gasteiger partial charge in [0.1, 0.15) is 11.4 Å². The maximum Gasteiger partial charge on any atom is 0.255 e. The third-order valence-corrected chi connectivity index (χ3v) is 6.90. The second kappa shape index (κ2) is 9.04. The summed E-state index contributed by atoms with van der Waals surface area (Å²) in [4.78, 5) is 26.1. The molecule has 2 aromatic heterocycles. The Kier molecular flexibility index (Phi) is 5.91. The third kappa shape index (κ3) is 4.00. The number of likely N-dealkylation sites (tertiary alicyclic amines) is 1. The number of hydrogen-bond acceptors (Lipinski definition) is 6. The van der Waals surface area contributed by atoms with E-state index in [1.807, 2.05) is 12.1 Å². The first kappa shape index (κ1) is 22.9. The molecule has 9 nitrogen and oxygen atoms in total. The lowest BCUT2D eigenvalue weighted by atomic mass is 10.1. The molecule has 1 aliphatic carbocycles. The number of nitrogens with one attached hydrogen (secondary N) is 1. The maximum atomic E-state index is 12.3. The zero-order chi connectivity index (χ0) is 24.7. The lowest BCUT2D eigenvalue weighted by Gasteiger charge is -2.16. The van der Waals surface area contributed by atoms with Gasteiger partial charge in [0.05, 0.1) is 22.3 Å². The highest BCUT2D eigenvalue weighted by atomic mass is 35.5. The predicted molar refractivity (Wildman–Crippen MR) is 133 cm³/mol. The van der Waals surface area contributed by atoms with Crippen LogP contribution in [0, 0.1) is 11.8 Å². The van der Waals surface area contributed by atoms with E-state index < -0.39 is 5.91 Å². The number of rotatable bonds is 4. The number of anilines is 1. The highest BCUT2D eigenvalue weighted by molar-refractivity contribution is 6.32. The normalized spacial score (nSPS) is 16.6. The molecule has 0 saturated carbocycles. The lowest BCUT2D eigenvalue weighted by molar-refractivity contribution is -0.125. The van der Waals surface area contributed by atoms with Crippen molar-refractivity contribution in [1.82, 2.24) is 24.9 Å². The number of carbonyl (C=O) groups excluding carboxylic acids is 2. The Hall–Kier alpha value is -3.90. The number of benzene rings is 1. The van der Waals surface area contributed by atoms with Crippen molar-refractivity contribution in [3.8, 4) is 11.8 Å². The molecular formula is C25H24ClN7O2. The van der Waals surface area contributed by atoms with E-state index >= 15 is 0 Å². The Morgan fingerprint density at radius 3 is 2.86 bits per heavy atom. The largest absolute Gasteiger partial charge is 0.373 e. The number of aryl methyl sites for hydroxylation is 2. The molecule has 3 N–H and O–H groups in total. The first-order valence-corrected chi connectivity index (χ1v) is 11.8. The molecule has 35 heavy (non-hydrogen) atoms. The molecule has 1 fully saturated rings. The molecular weight excluding hydrogens is 466 g/mol. The zero-order valence-corrected chi connectivity index (χ0v) is 20.0. The second-order valence-electron chi connectivity index (χ2n) is 8.64. The minimum absolute atomic E-state index is 0.128. The van der Waals surface area contributed by atoms with Gasteiger partial charge in [-0.2, -0.15) is 15.3 Å². The average molecular weight is 490 g/mol. The number of hydrogen-bond donors (Lipinski definition) is 2. The van der Waals surface area contributed by atoms with Crippen molar-refractivity contribution in [2.75, 3.05) is 25.5 Å². The van der Waals surface area contributed by atoms with Gasteiger partial charge in [-0.1, -0.05) is 24.1 Å². The summed E-state index contributed by atoms with van der Waals surface area (Å²) in [5, 5.41) is 17.8. The molecule has 2 amide bonds. The predicted octanol–water partition coefficient (Wildman–Crippen LogP) is 2.47. The molecule has 3 heterocycles. The summed E-state index contributed by atoms with van der Waals surface area (Å²) in [5.74, 6) is 5.70. The Balaban J connectivity index is 1.54. The summed E-state index contributed by atoms with van der Waals surface area (Å²) in [6.07, 6.45) is 4.94. The van der Waals surface area contributed by atoms with Gasteiger partial charge in [-0.3, -0.25) is 9.59 Å². The zero-order valence-electron chi connectivity index (χ0n) is 19.3. The second-order valence-corrected chi connectivity index (χ2v) is 9.05. The van der Waals surface area contributed by atoms with E-state index in [1.165, 1.54) is 11.6 Å². The van der Waals surface area contributed by atoms with E-state index in [9.17, 15) is 9.59 Å². The molecule has 1 aliphatic heterocycles. The van der Waals surface area contributed by atoms with Crippen molar-refractivity contribution in [1.29, 1.82) is 0 Å². The van der Waals surface area contributed by atoms with E-state index in [4.69, 9.17) is 17.3 Å². The molecule has 178 valence electrons. The lowest BCUT2D eigenvalue weighted by Crippen LogP contribution is -2.27. The number of nitrogens with zero attached hydrogens (tertiary/aromatic N) is 5. The van der Waals surface area contributed by atoms with Gasteiger partial charge in [-0.05, 0) is 55.4 Å². The highest BCUT2D eigenvalue weighted by Gasteiger charge is 2.31. The van der Waals surface area contributed by atoms with Crippen LogP contribution in [0.2, 0.25) is 5.02 Å². The molecule has 0 radical (unpaired) electrons. The van der Waals surface area contributed by atoms with Crippen LogP contribution >= 0.6 is 11.6 Å². The van der Waals surface area contributed by atoms with Gasteiger partial charge in [-0.15, -0.1) is 0 Å². The van der Waals surface area contributed by atoms with Gasteiger partial charge < -0.3 is 16.0 Å². The third-order valence-electron chi connectivity index (χ3n) is 6.58. The molecule has 10 heteroatoms. The molecule has 2 aliphatic rings. The Morgan fingerprint density at radius 2 is 2.11 bits per heavy atom. The van der Waals surface area contributed by atoms with Gasteiger partial charge in [0, 0.05) is 31.1 Å². The molecule has 1 saturated heterocycles. The number of halogens is 1. The van der Waals surface area contributed by atoms with Crippen molar-refractivity contribution in [2.24, 2.45) is 5.73 Å². The minimum Gasteiger partial charge on any atom is -0.373 e. The van der Waals surface area contributed by atoms with Crippen molar-refractivity contribution >= 4 is 40.1 Å². The van der Waals surface area contributed by atoms with Gasteiger partial charge in [0.15, 0.2) is 5.69 Å². The van der Waals surface area contributed by atoms with Crippen molar-refractivity contribution in [2.45, 2.75) is 31.7 Å². The summed E-state index contributed by atoms with van der Waals surface area (Å²) in [7, 11) is 1.69. The number of primary amides is 1. The Labute approximate surface area is 207 Å². The van der Waals surface area contributed by atoms with Crippen molar-refractivity contribution in [3.05, 3.63) is 57.9 Å². The minimum atomic E-state index is -0.645. The van der Waals surface area contributed by atoms with Crippen LogP contribution < -0.4 is 11.1 Å². The van der Waals surface area contributed by atoms with Gasteiger partial charge in [0.25, 0.3) is 5.91 Å². The molecule has 3 aromatic rings. The Morgan fingerprint density at radius 1 is 1.29 bits per heavy atom. The molecule has 1 aromatic carbocycles. The van der Waals surface area contributed by atoms with Crippen LogP contribution in [0.3, 0.4) is 0 Å². The van der Waals surface area contributed by atoms with Crippen molar-refractivity contribution < 1.29 is 9.59 Å². The molecule has 5 rings (SSSR count). The first-order valence-electron chi connectivity index (χ1n) is 11.4. The molecule has 0 unspecified atom stereocenters. The van der Waals surface area contributed by atoms with Gasteiger partial charge >= 0.3 is 0 Å². The molecule has 1 atom stereocenters. The van der Waals surface area contributed by atoms with Crippen LogP contribution in [0.5, 0.6) is 0 Å². The number of fused-ring (bicyclic) bond motifs is 3. The fraction of sp³-hybridized carbons (Fsp3) is 0.320. The monoisotopic (exact) mass is 489 g/mol. The van der Waals surface area contributed by atoms with Gasteiger partial charge in [0.2, 0.25) is 5.91 Å². The maximum absolute atomic E-state index is 12.3. The van der Waals surface area contributed by atoms with Crippen LogP contribution in [0.4, 0.5) is 5.82 Å². The number of carbonyl (C=O) groups is 2. The average Bonchev–Trinajstić information content (AvgIpc) is 3.59. The molecule has 0 spiro atoms. The van der Waals surface area contributed by atoms with Crippen LogP contribution in [0.15, 0.2) is 24.8 Å².